The highest BCUT2D eigenvalue weighted by Crippen LogP contribution is 2.19. The van der Waals surface area contributed by atoms with Crippen molar-refractivity contribution in [3.8, 4) is 0 Å². The second-order valence-corrected chi connectivity index (χ2v) is 4.75. The predicted molar refractivity (Wildman–Crippen MR) is 68.5 cm³/mol. The van der Waals surface area contributed by atoms with Crippen LogP contribution in [0.2, 0.25) is 0 Å². The fraction of sp³-hybridized carbons (Fsp3) is 0.833. The van der Waals surface area contributed by atoms with Crippen molar-refractivity contribution in [3.05, 3.63) is 0 Å². The number of nitrogens with one attached hydrogen (secondary N) is 2. The number of ether oxygens (including phenoxy) is 1. The van der Waals surface area contributed by atoms with Crippen molar-refractivity contribution < 1.29 is 19.4 Å². The Balaban J connectivity index is 3.86. The molecule has 6 heteroatoms. The molecule has 0 saturated carbocycles. The molecule has 6 nitrogen and oxygen atoms in total. The standard InChI is InChI=1S/C12H24N2O4/c1-5-12(4,10(15)16)8-14-11(17)13-6-7-18-9(2)3/h9H,5-8H2,1-4H3,(H,15,16)(H2,13,14,17). The predicted octanol–water partition coefficient (Wildman–Crippen LogP) is 1.21. The number of carbonyl (C=O) groups is 2. The van der Waals surface area contributed by atoms with Gasteiger partial charge < -0.3 is 20.5 Å². The second kappa shape index (κ2) is 7.92. The van der Waals surface area contributed by atoms with Gasteiger partial charge in [0.15, 0.2) is 0 Å². The maximum Gasteiger partial charge on any atom is 0.314 e. The summed E-state index contributed by atoms with van der Waals surface area (Å²) in [6.07, 6.45) is 0.587. The molecule has 0 saturated heterocycles. The molecule has 2 amide bonds. The molecule has 0 bridgehead atoms. The number of amides is 2. The third-order valence-electron chi connectivity index (χ3n) is 2.77. The van der Waals surface area contributed by atoms with Crippen LogP contribution in [-0.2, 0) is 9.53 Å². The van der Waals surface area contributed by atoms with Crippen LogP contribution in [0.1, 0.15) is 34.1 Å². The van der Waals surface area contributed by atoms with Crippen molar-refractivity contribution in [2.75, 3.05) is 19.7 Å². The Morgan fingerprint density at radius 1 is 1.33 bits per heavy atom. The summed E-state index contributed by atoms with van der Waals surface area (Å²) in [5, 5.41) is 14.2. The van der Waals surface area contributed by atoms with Crippen LogP contribution in [0.25, 0.3) is 0 Å². The number of rotatable bonds is 8. The van der Waals surface area contributed by atoms with Crippen LogP contribution >= 0.6 is 0 Å². The lowest BCUT2D eigenvalue weighted by molar-refractivity contribution is -0.147. The van der Waals surface area contributed by atoms with E-state index in [1.54, 1.807) is 13.8 Å². The van der Waals surface area contributed by atoms with E-state index in [0.717, 1.165) is 0 Å². The maximum absolute atomic E-state index is 11.4. The molecule has 0 aliphatic carbocycles. The third kappa shape index (κ3) is 6.44. The largest absolute Gasteiger partial charge is 0.481 e. The lowest BCUT2D eigenvalue weighted by Gasteiger charge is -2.23. The van der Waals surface area contributed by atoms with Crippen LogP contribution in [0.4, 0.5) is 4.79 Å². The van der Waals surface area contributed by atoms with Crippen molar-refractivity contribution >= 4 is 12.0 Å². The highest BCUT2D eigenvalue weighted by atomic mass is 16.5. The molecule has 18 heavy (non-hydrogen) atoms. The van der Waals surface area contributed by atoms with Crippen LogP contribution in [0, 0.1) is 5.41 Å². The number of carboxylic acid groups (broad SMARTS) is 1. The van der Waals surface area contributed by atoms with Crippen molar-refractivity contribution in [2.24, 2.45) is 5.41 Å². The molecular weight excluding hydrogens is 236 g/mol. The molecule has 0 aromatic rings. The molecule has 0 aliphatic heterocycles. The zero-order chi connectivity index (χ0) is 14.2. The average molecular weight is 260 g/mol. The molecule has 0 aromatic heterocycles. The number of carbonyl (C=O) groups excluding carboxylic acids is 1. The van der Waals surface area contributed by atoms with Crippen LogP contribution in [0.3, 0.4) is 0 Å². The summed E-state index contributed by atoms with van der Waals surface area (Å²) < 4.78 is 5.26. The molecule has 3 N–H and O–H groups in total. The molecule has 0 aromatic carbocycles. The Morgan fingerprint density at radius 3 is 2.39 bits per heavy atom. The second-order valence-electron chi connectivity index (χ2n) is 4.75. The summed E-state index contributed by atoms with van der Waals surface area (Å²) >= 11 is 0. The minimum Gasteiger partial charge on any atom is -0.481 e. The van der Waals surface area contributed by atoms with E-state index in [9.17, 15) is 9.59 Å². The third-order valence-corrected chi connectivity index (χ3v) is 2.77. The number of hydrogen-bond donors (Lipinski definition) is 3. The summed E-state index contributed by atoms with van der Waals surface area (Å²) in [6, 6.07) is -0.372. The molecule has 0 spiro atoms. The van der Waals surface area contributed by atoms with E-state index >= 15 is 0 Å². The number of urea groups is 1. The highest BCUT2D eigenvalue weighted by molar-refractivity contribution is 5.77. The molecule has 1 atom stereocenters. The Bertz CT molecular complexity index is 281. The molecule has 0 fully saturated rings. The van der Waals surface area contributed by atoms with Crippen LogP contribution in [-0.4, -0.2) is 42.9 Å². The van der Waals surface area contributed by atoms with Gasteiger partial charge in [-0.05, 0) is 27.2 Å². The van der Waals surface area contributed by atoms with Gasteiger partial charge in [-0.1, -0.05) is 6.92 Å². The van der Waals surface area contributed by atoms with Gasteiger partial charge in [0, 0.05) is 13.1 Å². The molecule has 0 rings (SSSR count). The average Bonchev–Trinajstić information content (AvgIpc) is 2.31. The van der Waals surface area contributed by atoms with Gasteiger partial charge in [0.1, 0.15) is 0 Å². The summed E-state index contributed by atoms with van der Waals surface area (Å²) in [6.45, 7) is 8.17. The summed E-state index contributed by atoms with van der Waals surface area (Å²) in [5.41, 5.74) is -0.925. The topological polar surface area (TPSA) is 87.7 Å². The van der Waals surface area contributed by atoms with Gasteiger partial charge >= 0.3 is 12.0 Å². The Hall–Kier alpha value is -1.30. The van der Waals surface area contributed by atoms with Crippen molar-refractivity contribution in [1.29, 1.82) is 0 Å². The smallest absolute Gasteiger partial charge is 0.314 e. The van der Waals surface area contributed by atoms with Crippen LogP contribution < -0.4 is 10.6 Å². The Morgan fingerprint density at radius 2 is 1.94 bits per heavy atom. The monoisotopic (exact) mass is 260 g/mol. The van der Waals surface area contributed by atoms with E-state index in [0.29, 0.717) is 19.6 Å². The molecule has 106 valence electrons. The SMILES string of the molecule is CCC(C)(CNC(=O)NCCOC(C)C)C(=O)O. The minimum absolute atomic E-state index is 0.107. The van der Waals surface area contributed by atoms with E-state index in [-0.39, 0.29) is 18.7 Å². The zero-order valence-electron chi connectivity index (χ0n) is 11.6. The summed E-state index contributed by atoms with van der Waals surface area (Å²) in [7, 11) is 0. The molecule has 0 heterocycles. The van der Waals surface area contributed by atoms with E-state index in [1.807, 2.05) is 13.8 Å². The quantitative estimate of drug-likeness (QED) is 0.572. The van der Waals surface area contributed by atoms with Crippen molar-refractivity contribution in [2.45, 2.75) is 40.2 Å². The maximum atomic E-state index is 11.4. The van der Waals surface area contributed by atoms with Crippen molar-refractivity contribution in [3.63, 3.8) is 0 Å². The molecule has 1 unspecified atom stereocenters. The lowest BCUT2D eigenvalue weighted by Crippen LogP contribution is -2.45. The van der Waals surface area contributed by atoms with Gasteiger partial charge in [0.05, 0.1) is 18.1 Å². The first-order chi connectivity index (χ1) is 8.31. The minimum atomic E-state index is -0.925. The van der Waals surface area contributed by atoms with Crippen LogP contribution in [0.5, 0.6) is 0 Å². The molecular formula is C12H24N2O4. The fourth-order valence-corrected chi connectivity index (χ4v) is 1.15. The van der Waals surface area contributed by atoms with Gasteiger partial charge in [-0.25, -0.2) is 4.79 Å². The van der Waals surface area contributed by atoms with Gasteiger partial charge in [-0.15, -0.1) is 0 Å². The van der Waals surface area contributed by atoms with Crippen LogP contribution in [0.15, 0.2) is 0 Å². The van der Waals surface area contributed by atoms with E-state index < -0.39 is 11.4 Å². The van der Waals surface area contributed by atoms with Gasteiger partial charge in [0.25, 0.3) is 0 Å². The fourth-order valence-electron chi connectivity index (χ4n) is 1.15. The summed E-state index contributed by atoms with van der Waals surface area (Å²) in [5.74, 6) is -0.909. The number of hydrogen-bond acceptors (Lipinski definition) is 3. The molecule has 0 aliphatic rings. The first kappa shape index (κ1) is 16.7. The van der Waals surface area contributed by atoms with E-state index in [4.69, 9.17) is 9.84 Å². The number of carboxylic acids is 1. The first-order valence-electron chi connectivity index (χ1n) is 6.18. The lowest BCUT2D eigenvalue weighted by atomic mass is 9.88. The van der Waals surface area contributed by atoms with E-state index in [2.05, 4.69) is 10.6 Å². The normalized spacial score (nSPS) is 14.1. The van der Waals surface area contributed by atoms with Gasteiger partial charge in [-0.2, -0.15) is 0 Å². The molecule has 0 radical (unpaired) electrons. The number of aliphatic carboxylic acids is 1. The van der Waals surface area contributed by atoms with Gasteiger partial charge in [0.2, 0.25) is 0 Å². The Labute approximate surface area is 108 Å². The summed E-state index contributed by atoms with van der Waals surface area (Å²) in [4.78, 5) is 22.4. The van der Waals surface area contributed by atoms with E-state index in [1.165, 1.54) is 0 Å². The van der Waals surface area contributed by atoms with Gasteiger partial charge in [-0.3, -0.25) is 4.79 Å². The van der Waals surface area contributed by atoms with Crippen molar-refractivity contribution in [1.82, 2.24) is 10.6 Å². The zero-order valence-corrected chi connectivity index (χ0v) is 11.6. The highest BCUT2D eigenvalue weighted by Gasteiger charge is 2.31. The first-order valence-corrected chi connectivity index (χ1v) is 6.18. The Kier molecular flexibility index (Phi) is 7.35.